The summed E-state index contributed by atoms with van der Waals surface area (Å²) in [6, 6.07) is 13.7. The summed E-state index contributed by atoms with van der Waals surface area (Å²) in [6.07, 6.45) is 1.86. The molecule has 0 fully saturated rings. The number of nitrogens with two attached hydrogens (primary N) is 1. The summed E-state index contributed by atoms with van der Waals surface area (Å²) >= 11 is 0. The standard InChI is InChI=1S/C19H21N3O3S/c1-3-22-12-17(16-6-4-5-7-18(16)22)19(23)21-13(2)14-8-10-15(11-9-14)26(20,24)25/h4-13H,3H2,1-2H3,(H,21,23)(H2,20,24,25)/t13-/m1/s1. The maximum Gasteiger partial charge on any atom is 0.253 e. The molecule has 0 bridgehead atoms. The largest absolute Gasteiger partial charge is 0.347 e. The normalized spacial score (nSPS) is 12.9. The molecule has 1 amide bonds. The summed E-state index contributed by atoms with van der Waals surface area (Å²) in [4.78, 5) is 12.8. The molecule has 3 rings (SSSR count). The van der Waals surface area contributed by atoms with Gasteiger partial charge in [-0.1, -0.05) is 30.3 Å². The molecule has 0 aliphatic rings. The number of nitrogens with zero attached hydrogens (tertiary/aromatic N) is 1. The lowest BCUT2D eigenvalue weighted by molar-refractivity contribution is 0.0941. The van der Waals surface area contributed by atoms with Gasteiger partial charge in [0, 0.05) is 23.6 Å². The molecule has 1 atom stereocenters. The van der Waals surface area contributed by atoms with E-state index in [1.165, 1.54) is 12.1 Å². The highest BCUT2D eigenvalue weighted by molar-refractivity contribution is 7.89. The lowest BCUT2D eigenvalue weighted by Gasteiger charge is -2.14. The summed E-state index contributed by atoms with van der Waals surface area (Å²) in [7, 11) is -3.73. The lowest BCUT2D eigenvalue weighted by atomic mass is 10.1. The number of nitrogens with one attached hydrogen (secondary N) is 1. The highest BCUT2D eigenvalue weighted by Crippen LogP contribution is 2.23. The fourth-order valence-corrected chi connectivity index (χ4v) is 3.51. The Balaban J connectivity index is 1.84. The molecular formula is C19H21N3O3S. The minimum Gasteiger partial charge on any atom is -0.347 e. The van der Waals surface area contributed by atoms with Crippen molar-refractivity contribution >= 4 is 26.8 Å². The number of carbonyl (C=O) groups excluding carboxylic acids is 1. The van der Waals surface area contributed by atoms with Gasteiger partial charge in [0.25, 0.3) is 5.91 Å². The van der Waals surface area contributed by atoms with E-state index in [9.17, 15) is 13.2 Å². The van der Waals surface area contributed by atoms with Gasteiger partial charge < -0.3 is 9.88 Å². The lowest BCUT2D eigenvalue weighted by Crippen LogP contribution is -2.26. The van der Waals surface area contributed by atoms with E-state index in [1.807, 2.05) is 48.9 Å². The fraction of sp³-hybridized carbons (Fsp3) is 0.211. The fourth-order valence-electron chi connectivity index (χ4n) is 2.99. The molecule has 3 aromatic rings. The minimum absolute atomic E-state index is 0.0470. The van der Waals surface area contributed by atoms with E-state index in [0.29, 0.717) is 5.56 Å². The van der Waals surface area contributed by atoms with Crippen LogP contribution < -0.4 is 10.5 Å². The number of carbonyl (C=O) groups is 1. The van der Waals surface area contributed by atoms with Gasteiger partial charge >= 0.3 is 0 Å². The number of aromatic nitrogens is 1. The zero-order valence-corrected chi connectivity index (χ0v) is 15.5. The highest BCUT2D eigenvalue weighted by Gasteiger charge is 2.17. The van der Waals surface area contributed by atoms with E-state index in [1.54, 1.807) is 12.1 Å². The maximum atomic E-state index is 12.8. The number of hydrogen-bond acceptors (Lipinski definition) is 3. The average Bonchev–Trinajstić information content (AvgIpc) is 3.00. The molecule has 26 heavy (non-hydrogen) atoms. The van der Waals surface area contributed by atoms with Gasteiger partial charge in [-0.3, -0.25) is 4.79 Å². The van der Waals surface area contributed by atoms with Crippen molar-refractivity contribution < 1.29 is 13.2 Å². The third kappa shape index (κ3) is 3.49. The second-order valence-electron chi connectivity index (χ2n) is 6.16. The molecule has 3 N–H and O–H groups in total. The van der Waals surface area contributed by atoms with Crippen LogP contribution in [0.3, 0.4) is 0 Å². The van der Waals surface area contributed by atoms with Crippen molar-refractivity contribution in [1.82, 2.24) is 9.88 Å². The number of benzene rings is 2. The van der Waals surface area contributed by atoms with Crippen molar-refractivity contribution in [2.24, 2.45) is 5.14 Å². The predicted molar refractivity (Wildman–Crippen MR) is 101 cm³/mol. The van der Waals surface area contributed by atoms with Crippen molar-refractivity contribution in [2.45, 2.75) is 31.3 Å². The van der Waals surface area contributed by atoms with Gasteiger partial charge in [0.2, 0.25) is 10.0 Å². The van der Waals surface area contributed by atoms with Gasteiger partial charge in [0.15, 0.2) is 0 Å². The molecule has 0 aliphatic heterocycles. The molecule has 2 aromatic carbocycles. The Morgan fingerprint density at radius 1 is 1.15 bits per heavy atom. The predicted octanol–water partition coefficient (Wildman–Crippen LogP) is 2.80. The SMILES string of the molecule is CCn1cc(C(=O)N[C@H](C)c2ccc(S(N)(=O)=O)cc2)c2ccccc21. The Bertz CT molecular complexity index is 1050. The molecule has 0 spiro atoms. The number of amides is 1. The summed E-state index contributed by atoms with van der Waals surface area (Å²) in [5.41, 5.74) is 2.44. The van der Waals surface area contributed by atoms with Crippen molar-refractivity contribution in [3.63, 3.8) is 0 Å². The first-order valence-corrected chi connectivity index (χ1v) is 9.87. The van der Waals surface area contributed by atoms with Crippen LogP contribution >= 0.6 is 0 Å². The summed E-state index contributed by atoms with van der Waals surface area (Å²) < 4.78 is 24.7. The Kier molecular flexibility index (Phi) is 4.84. The number of sulfonamides is 1. The first-order valence-electron chi connectivity index (χ1n) is 8.32. The van der Waals surface area contributed by atoms with Crippen molar-refractivity contribution in [3.8, 4) is 0 Å². The molecule has 0 saturated heterocycles. The molecule has 0 saturated carbocycles. The van der Waals surface area contributed by atoms with Crippen molar-refractivity contribution in [3.05, 3.63) is 65.9 Å². The monoisotopic (exact) mass is 371 g/mol. The van der Waals surface area contributed by atoms with Gasteiger partial charge in [-0.05, 0) is 37.6 Å². The van der Waals surface area contributed by atoms with Crippen LogP contribution in [0.5, 0.6) is 0 Å². The zero-order valence-electron chi connectivity index (χ0n) is 14.6. The second-order valence-corrected chi connectivity index (χ2v) is 7.72. The van der Waals surface area contributed by atoms with Crippen LogP contribution in [0.4, 0.5) is 0 Å². The van der Waals surface area contributed by atoms with Crippen LogP contribution in [0, 0.1) is 0 Å². The van der Waals surface area contributed by atoms with Crippen LogP contribution in [0.1, 0.15) is 35.8 Å². The number of primary sulfonamides is 1. The Morgan fingerprint density at radius 3 is 2.42 bits per heavy atom. The van der Waals surface area contributed by atoms with Gasteiger partial charge in [0.05, 0.1) is 16.5 Å². The topological polar surface area (TPSA) is 94.2 Å². The second kappa shape index (κ2) is 6.93. The smallest absolute Gasteiger partial charge is 0.253 e. The zero-order chi connectivity index (χ0) is 18.9. The maximum absolute atomic E-state index is 12.8. The van der Waals surface area contributed by atoms with E-state index in [4.69, 9.17) is 5.14 Å². The van der Waals surface area contributed by atoms with Gasteiger partial charge in [-0.15, -0.1) is 0 Å². The van der Waals surface area contributed by atoms with E-state index in [2.05, 4.69) is 5.32 Å². The molecule has 0 aliphatic carbocycles. The van der Waals surface area contributed by atoms with Crippen LogP contribution in [-0.4, -0.2) is 18.9 Å². The van der Waals surface area contributed by atoms with Gasteiger partial charge in [0.1, 0.15) is 0 Å². The first-order chi connectivity index (χ1) is 12.3. The van der Waals surface area contributed by atoms with Crippen LogP contribution in [-0.2, 0) is 16.6 Å². The summed E-state index contributed by atoms with van der Waals surface area (Å²) in [5, 5.41) is 8.98. The number of para-hydroxylation sites is 1. The summed E-state index contributed by atoms with van der Waals surface area (Å²) in [6.45, 7) is 4.66. The van der Waals surface area contributed by atoms with E-state index in [0.717, 1.165) is 23.0 Å². The third-order valence-corrected chi connectivity index (χ3v) is 5.36. The average molecular weight is 371 g/mol. The molecule has 136 valence electrons. The molecule has 7 heteroatoms. The number of fused-ring (bicyclic) bond motifs is 1. The number of hydrogen-bond donors (Lipinski definition) is 2. The third-order valence-electron chi connectivity index (χ3n) is 4.43. The summed E-state index contributed by atoms with van der Waals surface area (Å²) in [5.74, 6) is -0.170. The number of rotatable bonds is 5. The Hall–Kier alpha value is -2.64. The van der Waals surface area contributed by atoms with Crippen LogP contribution in [0.2, 0.25) is 0 Å². The van der Waals surface area contributed by atoms with E-state index in [-0.39, 0.29) is 16.8 Å². The van der Waals surface area contributed by atoms with E-state index >= 15 is 0 Å². The molecule has 1 heterocycles. The van der Waals surface area contributed by atoms with Gasteiger partial charge in [-0.2, -0.15) is 0 Å². The quantitative estimate of drug-likeness (QED) is 0.722. The molecular weight excluding hydrogens is 350 g/mol. The van der Waals surface area contributed by atoms with Crippen molar-refractivity contribution in [1.29, 1.82) is 0 Å². The van der Waals surface area contributed by atoms with Crippen LogP contribution in [0.25, 0.3) is 10.9 Å². The number of aryl methyl sites for hydroxylation is 1. The first kappa shape index (κ1) is 18.2. The van der Waals surface area contributed by atoms with Crippen LogP contribution in [0.15, 0.2) is 59.6 Å². The molecule has 0 radical (unpaired) electrons. The molecule has 6 nitrogen and oxygen atoms in total. The van der Waals surface area contributed by atoms with Gasteiger partial charge in [-0.25, -0.2) is 13.6 Å². The Labute approximate surface area is 152 Å². The molecule has 1 aromatic heterocycles. The minimum atomic E-state index is -3.73. The highest BCUT2D eigenvalue weighted by atomic mass is 32.2. The molecule has 0 unspecified atom stereocenters. The Morgan fingerprint density at radius 2 is 1.81 bits per heavy atom. The van der Waals surface area contributed by atoms with E-state index < -0.39 is 10.0 Å². The van der Waals surface area contributed by atoms with Crippen molar-refractivity contribution in [2.75, 3.05) is 0 Å².